The van der Waals surface area contributed by atoms with Crippen LogP contribution in [-0.2, 0) is 11.3 Å². The molecule has 0 spiro atoms. The molecule has 1 aromatic carbocycles. The Kier molecular flexibility index (Phi) is 5.68. The van der Waals surface area contributed by atoms with Crippen molar-refractivity contribution in [3.8, 4) is 6.07 Å². The smallest absolute Gasteiger partial charge is 0.262 e. The zero-order chi connectivity index (χ0) is 18.7. The van der Waals surface area contributed by atoms with Gasteiger partial charge in [0, 0.05) is 11.0 Å². The lowest BCUT2D eigenvalue weighted by atomic mass is 10.0. The Morgan fingerprint density at radius 2 is 2.19 bits per heavy atom. The van der Waals surface area contributed by atoms with Crippen LogP contribution in [0.2, 0.25) is 0 Å². The number of thioether (sulfide) groups is 1. The minimum Gasteiger partial charge on any atom is -0.337 e. The van der Waals surface area contributed by atoms with Gasteiger partial charge < -0.3 is 5.32 Å². The molecule has 0 atom stereocenters. The summed E-state index contributed by atoms with van der Waals surface area (Å²) in [5.41, 5.74) is -0.244. The molecule has 8 heteroatoms. The van der Waals surface area contributed by atoms with E-state index in [-0.39, 0.29) is 17.2 Å². The van der Waals surface area contributed by atoms with Crippen molar-refractivity contribution in [2.24, 2.45) is 0 Å². The number of nitrogens with one attached hydrogen (secondary N) is 1. The Hall–Kier alpha value is -1.85. The van der Waals surface area contributed by atoms with Crippen molar-refractivity contribution in [2.75, 3.05) is 5.75 Å². The molecule has 1 saturated carbocycles. The molecule has 26 heavy (non-hydrogen) atoms. The van der Waals surface area contributed by atoms with Gasteiger partial charge in [-0.25, -0.2) is 4.98 Å². The van der Waals surface area contributed by atoms with Crippen molar-refractivity contribution in [1.29, 1.82) is 5.26 Å². The minimum absolute atomic E-state index is 0.119. The summed E-state index contributed by atoms with van der Waals surface area (Å²) >= 11 is 4.60. The van der Waals surface area contributed by atoms with Gasteiger partial charge in [-0.15, -0.1) is 0 Å². The second-order valence-electron chi connectivity index (χ2n) is 6.34. The van der Waals surface area contributed by atoms with E-state index in [2.05, 4.69) is 32.3 Å². The number of nitriles is 1. The average molecular weight is 435 g/mol. The van der Waals surface area contributed by atoms with Crippen LogP contribution < -0.4 is 10.9 Å². The van der Waals surface area contributed by atoms with Crippen LogP contribution in [0, 0.1) is 11.3 Å². The topological polar surface area (TPSA) is 87.8 Å². The van der Waals surface area contributed by atoms with E-state index in [0.717, 1.165) is 17.3 Å². The molecule has 0 saturated heterocycles. The highest BCUT2D eigenvalue weighted by atomic mass is 79.9. The molecule has 3 rings (SSSR count). The Balaban J connectivity index is 1.80. The van der Waals surface area contributed by atoms with E-state index in [1.807, 2.05) is 13.0 Å². The van der Waals surface area contributed by atoms with Crippen molar-refractivity contribution in [3.63, 3.8) is 0 Å². The molecule has 1 fully saturated rings. The first-order chi connectivity index (χ1) is 12.5. The van der Waals surface area contributed by atoms with Gasteiger partial charge in [0.25, 0.3) is 5.56 Å². The molecule has 1 aliphatic carbocycles. The lowest BCUT2D eigenvalue weighted by Crippen LogP contribution is -2.45. The summed E-state index contributed by atoms with van der Waals surface area (Å²) in [4.78, 5) is 29.6. The molecule has 2 aromatic rings. The summed E-state index contributed by atoms with van der Waals surface area (Å²) in [5, 5.41) is 13.3. The van der Waals surface area contributed by atoms with E-state index in [9.17, 15) is 14.9 Å². The first-order valence-electron chi connectivity index (χ1n) is 8.53. The maximum atomic E-state index is 12.7. The third-order valence-electron chi connectivity index (χ3n) is 4.58. The van der Waals surface area contributed by atoms with E-state index in [0.29, 0.717) is 35.4 Å². The van der Waals surface area contributed by atoms with E-state index in [1.54, 1.807) is 16.7 Å². The van der Waals surface area contributed by atoms with E-state index in [4.69, 9.17) is 0 Å². The molecule has 6 nitrogen and oxygen atoms in total. The highest BCUT2D eigenvalue weighted by Gasteiger charge is 2.35. The van der Waals surface area contributed by atoms with Crippen LogP contribution in [0.5, 0.6) is 0 Å². The largest absolute Gasteiger partial charge is 0.337 e. The number of benzene rings is 1. The second-order valence-corrected chi connectivity index (χ2v) is 8.20. The van der Waals surface area contributed by atoms with Gasteiger partial charge in [0.2, 0.25) is 5.91 Å². The molecule has 0 bridgehead atoms. The fourth-order valence-electron chi connectivity index (χ4n) is 3.24. The summed E-state index contributed by atoms with van der Waals surface area (Å²) in [6.45, 7) is 2.35. The lowest BCUT2D eigenvalue weighted by Gasteiger charge is -2.21. The van der Waals surface area contributed by atoms with Crippen molar-refractivity contribution in [2.45, 2.75) is 49.8 Å². The molecule has 1 aliphatic rings. The fraction of sp³-hybridized carbons (Fsp3) is 0.444. The fourth-order valence-corrected chi connectivity index (χ4v) is 4.46. The normalized spacial score (nSPS) is 15.7. The van der Waals surface area contributed by atoms with Crippen LogP contribution in [0.3, 0.4) is 0 Å². The Bertz CT molecular complexity index is 945. The summed E-state index contributed by atoms with van der Waals surface area (Å²) in [6, 6.07) is 7.63. The van der Waals surface area contributed by atoms with Gasteiger partial charge in [-0.3, -0.25) is 14.2 Å². The van der Waals surface area contributed by atoms with Crippen LogP contribution in [0.15, 0.2) is 32.6 Å². The van der Waals surface area contributed by atoms with Crippen molar-refractivity contribution in [3.05, 3.63) is 33.0 Å². The molecule has 0 aliphatic heterocycles. The SMILES string of the molecule is CCn1c(SCC(=O)NC2(C#N)CCCC2)nc2ccc(Br)cc2c1=O. The number of aromatic nitrogens is 2. The summed E-state index contributed by atoms with van der Waals surface area (Å²) in [6.07, 6.45) is 3.31. The van der Waals surface area contributed by atoms with E-state index < -0.39 is 5.54 Å². The molecule has 1 amide bonds. The minimum atomic E-state index is -0.731. The summed E-state index contributed by atoms with van der Waals surface area (Å²) < 4.78 is 2.40. The molecule has 136 valence electrons. The molecule has 1 heterocycles. The van der Waals surface area contributed by atoms with Gasteiger partial charge in [0.1, 0.15) is 5.54 Å². The summed E-state index contributed by atoms with van der Waals surface area (Å²) in [5.74, 6) is -0.0796. The first-order valence-corrected chi connectivity index (χ1v) is 10.3. The van der Waals surface area contributed by atoms with E-state index >= 15 is 0 Å². The summed E-state index contributed by atoms with van der Waals surface area (Å²) in [7, 11) is 0. The molecular weight excluding hydrogens is 416 g/mol. The van der Waals surface area contributed by atoms with Crippen LogP contribution in [-0.4, -0.2) is 26.8 Å². The predicted molar refractivity (Wildman–Crippen MR) is 105 cm³/mol. The van der Waals surface area contributed by atoms with Crippen molar-refractivity contribution in [1.82, 2.24) is 14.9 Å². The number of halogens is 1. The highest BCUT2D eigenvalue weighted by molar-refractivity contribution is 9.10. The maximum Gasteiger partial charge on any atom is 0.262 e. The van der Waals surface area contributed by atoms with Crippen LogP contribution in [0.4, 0.5) is 0 Å². The van der Waals surface area contributed by atoms with Gasteiger partial charge in [0.15, 0.2) is 5.16 Å². The van der Waals surface area contributed by atoms with Gasteiger partial charge in [-0.1, -0.05) is 27.7 Å². The van der Waals surface area contributed by atoms with Gasteiger partial charge in [-0.2, -0.15) is 5.26 Å². The number of hydrogen-bond donors (Lipinski definition) is 1. The quantitative estimate of drug-likeness (QED) is 0.576. The number of amides is 1. The maximum absolute atomic E-state index is 12.7. The molecule has 0 radical (unpaired) electrons. The van der Waals surface area contributed by atoms with Crippen LogP contribution in [0.25, 0.3) is 10.9 Å². The Morgan fingerprint density at radius 1 is 1.46 bits per heavy atom. The molecule has 1 N–H and O–H groups in total. The average Bonchev–Trinajstić information content (AvgIpc) is 3.09. The highest BCUT2D eigenvalue weighted by Crippen LogP contribution is 2.29. The van der Waals surface area contributed by atoms with E-state index in [1.165, 1.54) is 11.8 Å². The third-order valence-corrected chi connectivity index (χ3v) is 6.05. The lowest BCUT2D eigenvalue weighted by molar-refractivity contribution is -0.119. The molecular formula is C18H19BrN4O2S. The van der Waals surface area contributed by atoms with Gasteiger partial charge in [-0.05, 0) is 50.8 Å². The predicted octanol–water partition coefficient (Wildman–Crippen LogP) is 3.22. The Morgan fingerprint density at radius 3 is 2.85 bits per heavy atom. The number of carbonyl (C=O) groups is 1. The zero-order valence-corrected chi connectivity index (χ0v) is 16.8. The standard InChI is InChI=1S/C18H19BrN4O2S/c1-2-23-16(25)13-9-12(19)5-6-14(13)21-17(23)26-10-15(24)22-18(11-20)7-3-4-8-18/h5-6,9H,2-4,7-8,10H2,1H3,(H,22,24). The molecule has 0 unspecified atom stereocenters. The number of hydrogen-bond acceptors (Lipinski definition) is 5. The van der Waals surface area contributed by atoms with Gasteiger partial charge >= 0.3 is 0 Å². The number of rotatable bonds is 5. The van der Waals surface area contributed by atoms with Crippen LogP contribution in [0.1, 0.15) is 32.6 Å². The first kappa shape index (κ1) is 18.9. The van der Waals surface area contributed by atoms with Crippen molar-refractivity contribution >= 4 is 44.5 Å². The number of carbonyl (C=O) groups excluding carboxylic acids is 1. The molecule has 1 aromatic heterocycles. The van der Waals surface area contributed by atoms with Crippen molar-refractivity contribution < 1.29 is 4.79 Å². The third kappa shape index (κ3) is 3.79. The number of nitrogens with zero attached hydrogens (tertiary/aromatic N) is 3. The second kappa shape index (κ2) is 7.80. The monoisotopic (exact) mass is 434 g/mol. The van der Waals surface area contributed by atoms with Crippen LogP contribution >= 0.6 is 27.7 Å². The van der Waals surface area contributed by atoms with Gasteiger partial charge in [0.05, 0.1) is 22.7 Å². The Labute approximate surface area is 164 Å². The zero-order valence-electron chi connectivity index (χ0n) is 14.4. The number of fused-ring (bicyclic) bond motifs is 1.